The van der Waals surface area contributed by atoms with Crippen LogP contribution in [-0.4, -0.2) is 99.6 Å². The van der Waals surface area contributed by atoms with Gasteiger partial charge in [0.15, 0.2) is 32.8 Å². The van der Waals surface area contributed by atoms with Crippen LogP contribution in [0.1, 0.15) is 125 Å². The van der Waals surface area contributed by atoms with E-state index >= 15 is 0 Å². The molecule has 0 aromatic heterocycles. The lowest BCUT2D eigenvalue weighted by Gasteiger charge is -2.42. The molecule has 342 valence electrons. The molecular formula is C48H82O9SSi2. The molecule has 12 heteroatoms. The van der Waals surface area contributed by atoms with Gasteiger partial charge in [-0.15, -0.1) is 0 Å². The lowest BCUT2D eigenvalue weighted by Crippen LogP contribution is -2.48. The topological polar surface area (TPSA) is 98.8 Å². The van der Waals surface area contributed by atoms with Gasteiger partial charge in [0.25, 0.3) is 0 Å². The highest BCUT2D eigenvalue weighted by Crippen LogP contribution is 2.43. The molecule has 4 fully saturated rings. The number of hydrogen-bond acceptors (Lipinski definition) is 9. The summed E-state index contributed by atoms with van der Waals surface area (Å²) in [5.74, 6) is -0.174. The summed E-state index contributed by atoms with van der Waals surface area (Å²) < 4.78 is 73.9. The monoisotopic (exact) mass is 891 g/mol. The van der Waals surface area contributed by atoms with Crippen molar-refractivity contribution in [2.75, 3.05) is 25.6 Å². The van der Waals surface area contributed by atoms with Crippen LogP contribution < -0.4 is 0 Å². The second-order valence-electron chi connectivity index (χ2n) is 21.3. The average Bonchev–Trinajstić information content (AvgIpc) is 3.72. The van der Waals surface area contributed by atoms with Crippen LogP contribution >= 0.6 is 0 Å². The first-order valence-electron chi connectivity index (χ1n) is 23.1. The quantitative estimate of drug-likeness (QED) is 0.0993. The van der Waals surface area contributed by atoms with Crippen LogP contribution in [-0.2, 0) is 48.8 Å². The van der Waals surface area contributed by atoms with Gasteiger partial charge in [0.1, 0.15) is 0 Å². The SMILES string of the molecule is C=C1C[C@H](CCC2OCCCO2)O[C@H]1CC[C@H]1CCC(=C)[C@@H](C[C@@H]2O[C@H](CC(CO[Si](C)(C)C(C)(C)C)O[Si](C)(C)C(C)(C)C)C[C@H]2CS(=O)(=O)c2ccc(CC)cc2)O1. The number of benzene rings is 1. The van der Waals surface area contributed by atoms with Crippen LogP contribution in [0.5, 0.6) is 0 Å². The van der Waals surface area contributed by atoms with Gasteiger partial charge in [-0.05, 0) is 123 Å². The molecule has 8 atom stereocenters. The number of ether oxygens (including phenoxy) is 5. The van der Waals surface area contributed by atoms with E-state index in [2.05, 4.69) is 87.8 Å². The van der Waals surface area contributed by atoms with Crippen molar-refractivity contribution in [2.45, 2.75) is 216 Å². The fourth-order valence-electron chi connectivity index (χ4n) is 8.50. The summed E-state index contributed by atoms with van der Waals surface area (Å²) in [6.45, 7) is 35.7. The molecule has 4 aliphatic heterocycles. The Labute approximate surface area is 367 Å². The van der Waals surface area contributed by atoms with Gasteiger partial charge in [-0.2, -0.15) is 0 Å². The molecule has 0 radical (unpaired) electrons. The Morgan fingerprint density at radius 3 is 2.07 bits per heavy atom. The van der Waals surface area contributed by atoms with Gasteiger partial charge in [-0.25, -0.2) is 8.42 Å². The van der Waals surface area contributed by atoms with Gasteiger partial charge in [0, 0.05) is 25.2 Å². The first-order valence-corrected chi connectivity index (χ1v) is 30.6. The van der Waals surface area contributed by atoms with E-state index in [0.29, 0.717) is 30.8 Å². The van der Waals surface area contributed by atoms with Crippen LogP contribution in [0.15, 0.2) is 53.5 Å². The van der Waals surface area contributed by atoms with E-state index in [4.69, 9.17) is 32.5 Å². The summed E-state index contributed by atoms with van der Waals surface area (Å²) >= 11 is 0. The maximum Gasteiger partial charge on any atom is 0.192 e. The number of rotatable bonds is 19. The second kappa shape index (κ2) is 20.8. The second-order valence-corrected chi connectivity index (χ2v) is 32.9. The van der Waals surface area contributed by atoms with Crippen LogP contribution in [0.3, 0.4) is 0 Å². The zero-order chi connectivity index (χ0) is 44.1. The Kier molecular flexibility index (Phi) is 17.2. The third-order valence-electron chi connectivity index (χ3n) is 14.5. The Hall–Kier alpha value is -1.20. The van der Waals surface area contributed by atoms with Gasteiger partial charge in [0.2, 0.25) is 0 Å². The maximum atomic E-state index is 14.1. The van der Waals surface area contributed by atoms with Crippen molar-refractivity contribution in [1.29, 1.82) is 0 Å². The first kappa shape index (κ1) is 49.8. The van der Waals surface area contributed by atoms with Crippen molar-refractivity contribution in [1.82, 2.24) is 0 Å². The highest BCUT2D eigenvalue weighted by molar-refractivity contribution is 7.91. The zero-order valence-corrected chi connectivity index (χ0v) is 42.1. The van der Waals surface area contributed by atoms with E-state index in [0.717, 1.165) is 87.7 Å². The van der Waals surface area contributed by atoms with Crippen LogP contribution in [0, 0.1) is 5.92 Å². The standard InChI is InChI=1S/C48H82O9SSi2/c1-14-36-17-22-42(23-18-36)58(49,50)33-37-29-40(30-41(57-60(12,13)48(7,8)9)32-53-59(10,11)47(4,5)6)56-45(37)31-44-34(2)16-19-38(54-44)20-24-43-35(3)28-39(55-43)21-25-46-51-26-15-27-52-46/h17-18,22-23,37-41,43-46H,2-3,14-16,19-21,24-33H2,1,4-13H3/t37-,38+,39-,40-,41?,43-,44+,45-/m0/s1. The fraction of sp³-hybridized carbons (Fsp3) is 0.792. The minimum absolute atomic E-state index is 0.0254. The molecule has 0 N–H and O–H groups in total. The summed E-state index contributed by atoms with van der Waals surface area (Å²) in [7, 11) is -7.80. The molecule has 1 aromatic rings. The molecule has 1 aromatic carbocycles. The van der Waals surface area contributed by atoms with Crippen LogP contribution in [0.4, 0.5) is 0 Å². The molecule has 4 saturated heterocycles. The molecule has 4 aliphatic rings. The fourth-order valence-corrected chi connectivity index (χ4v) is 12.5. The summed E-state index contributed by atoms with van der Waals surface area (Å²) in [5.41, 5.74) is 3.34. The van der Waals surface area contributed by atoms with E-state index in [1.165, 1.54) is 0 Å². The van der Waals surface area contributed by atoms with Gasteiger partial charge in [-0.3, -0.25) is 0 Å². The van der Waals surface area contributed by atoms with Crippen molar-refractivity contribution in [3.05, 3.63) is 54.1 Å². The van der Waals surface area contributed by atoms with Crippen molar-refractivity contribution < 1.29 is 41.0 Å². The Bertz CT molecular complexity index is 1660. The van der Waals surface area contributed by atoms with Crippen LogP contribution in [0.25, 0.3) is 0 Å². The summed E-state index contributed by atoms with van der Waals surface area (Å²) in [5, 5.41) is 0.0948. The smallest absolute Gasteiger partial charge is 0.192 e. The minimum Gasteiger partial charge on any atom is -0.414 e. The molecule has 9 nitrogen and oxygen atoms in total. The van der Waals surface area contributed by atoms with Gasteiger partial charge < -0.3 is 32.5 Å². The molecule has 0 bridgehead atoms. The molecule has 1 unspecified atom stereocenters. The number of aryl methyl sites for hydroxylation is 1. The lowest BCUT2D eigenvalue weighted by atomic mass is 9.89. The van der Waals surface area contributed by atoms with E-state index in [1.807, 2.05) is 12.1 Å². The van der Waals surface area contributed by atoms with E-state index in [-0.39, 0.29) is 70.8 Å². The molecule has 4 heterocycles. The predicted octanol–water partition coefficient (Wildman–Crippen LogP) is 11.1. The largest absolute Gasteiger partial charge is 0.414 e. The van der Waals surface area contributed by atoms with Crippen molar-refractivity contribution in [2.24, 2.45) is 5.92 Å². The van der Waals surface area contributed by atoms with E-state index in [9.17, 15) is 8.42 Å². The van der Waals surface area contributed by atoms with E-state index in [1.54, 1.807) is 12.1 Å². The molecule has 0 saturated carbocycles. The number of hydrogen-bond donors (Lipinski definition) is 0. The minimum atomic E-state index is -3.57. The highest BCUT2D eigenvalue weighted by Gasteiger charge is 2.45. The molecular weight excluding hydrogens is 809 g/mol. The zero-order valence-electron chi connectivity index (χ0n) is 39.3. The van der Waals surface area contributed by atoms with Crippen molar-refractivity contribution >= 4 is 26.5 Å². The van der Waals surface area contributed by atoms with Crippen molar-refractivity contribution in [3.8, 4) is 0 Å². The Balaban J connectivity index is 1.27. The highest BCUT2D eigenvalue weighted by atomic mass is 32.2. The molecule has 0 amide bonds. The third kappa shape index (κ3) is 13.7. The Morgan fingerprint density at radius 1 is 0.800 bits per heavy atom. The molecule has 0 aliphatic carbocycles. The van der Waals surface area contributed by atoms with Crippen molar-refractivity contribution in [3.63, 3.8) is 0 Å². The summed E-state index contributed by atoms with van der Waals surface area (Å²) in [6, 6.07) is 7.38. The first-order chi connectivity index (χ1) is 28.0. The normalized spacial score (nSPS) is 28.4. The average molecular weight is 891 g/mol. The Morgan fingerprint density at radius 2 is 1.43 bits per heavy atom. The lowest BCUT2D eigenvalue weighted by molar-refractivity contribution is -0.184. The molecule has 60 heavy (non-hydrogen) atoms. The van der Waals surface area contributed by atoms with E-state index < -0.39 is 26.5 Å². The van der Waals surface area contributed by atoms with Crippen LogP contribution in [0.2, 0.25) is 36.3 Å². The predicted molar refractivity (Wildman–Crippen MR) is 247 cm³/mol. The maximum absolute atomic E-state index is 14.1. The molecule has 5 rings (SSSR count). The summed E-state index contributed by atoms with van der Waals surface area (Å²) in [6.07, 6.45) is 9.09. The summed E-state index contributed by atoms with van der Waals surface area (Å²) in [4.78, 5) is 0.371. The van der Waals surface area contributed by atoms with Gasteiger partial charge in [0.05, 0.1) is 73.2 Å². The third-order valence-corrected chi connectivity index (χ3v) is 25.4. The number of sulfone groups is 1. The molecule has 0 spiro atoms. The van der Waals surface area contributed by atoms with Gasteiger partial charge >= 0.3 is 0 Å². The van der Waals surface area contributed by atoms with Gasteiger partial charge in [-0.1, -0.05) is 73.8 Å².